The van der Waals surface area contributed by atoms with E-state index in [1.165, 1.54) is 45.7 Å². The summed E-state index contributed by atoms with van der Waals surface area (Å²) in [6, 6.07) is 19.7. The van der Waals surface area contributed by atoms with Crippen LogP contribution < -0.4 is 4.90 Å². The third-order valence-electron chi connectivity index (χ3n) is 5.86. The van der Waals surface area contributed by atoms with Gasteiger partial charge in [-0.25, -0.2) is 0 Å². The number of rotatable bonds is 6. The van der Waals surface area contributed by atoms with E-state index in [1.54, 1.807) is 36.4 Å². The quantitative estimate of drug-likeness (QED) is 0.0980. The Kier molecular flexibility index (Phi) is 7.01. The summed E-state index contributed by atoms with van der Waals surface area (Å²) in [5.74, 6) is -1.28. The summed E-state index contributed by atoms with van der Waals surface area (Å²) in [5.41, 5.74) is 3.09. The molecule has 1 fully saturated rings. The van der Waals surface area contributed by atoms with Gasteiger partial charge in [0.1, 0.15) is 11.5 Å². The van der Waals surface area contributed by atoms with Gasteiger partial charge in [-0.15, -0.1) is 10.2 Å². The third-order valence-corrected chi connectivity index (χ3v) is 8.23. The van der Waals surface area contributed by atoms with Crippen molar-refractivity contribution < 1.29 is 19.8 Å². The minimum Gasteiger partial charge on any atom is -0.508 e. The van der Waals surface area contributed by atoms with Gasteiger partial charge in [-0.1, -0.05) is 76.7 Å². The van der Waals surface area contributed by atoms with E-state index >= 15 is 0 Å². The molecule has 5 rings (SSSR count). The van der Waals surface area contributed by atoms with Crippen LogP contribution >= 0.6 is 34.7 Å². The third kappa shape index (κ3) is 5.11. The molecule has 1 aliphatic heterocycles. The number of carbonyl (C=O) groups excluding carboxylic acids is 2. The minimum atomic E-state index is -0.959. The average Bonchev–Trinajstić information content (AvgIpc) is 3.46. The van der Waals surface area contributed by atoms with E-state index in [9.17, 15) is 19.8 Å². The van der Waals surface area contributed by atoms with Crippen molar-refractivity contribution in [3.63, 3.8) is 0 Å². The van der Waals surface area contributed by atoms with Crippen LogP contribution in [-0.4, -0.2) is 32.1 Å². The number of aryl methyl sites for hydroxylation is 1. The van der Waals surface area contributed by atoms with Gasteiger partial charge >= 0.3 is 5.91 Å². The summed E-state index contributed by atoms with van der Waals surface area (Å²) in [5, 5.41) is 30.1. The van der Waals surface area contributed by atoms with Crippen molar-refractivity contribution in [1.29, 1.82) is 0 Å². The molecule has 1 aliphatic rings. The van der Waals surface area contributed by atoms with Gasteiger partial charge in [0, 0.05) is 16.3 Å². The Morgan fingerprint density at radius 2 is 1.68 bits per heavy atom. The van der Waals surface area contributed by atoms with Crippen molar-refractivity contribution in [3.05, 3.63) is 106 Å². The predicted octanol–water partition coefficient (Wildman–Crippen LogP) is 6.12. The molecule has 0 aliphatic carbocycles. The van der Waals surface area contributed by atoms with Crippen molar-refractivity contribution in [2.75, 3.05) is 4.90 Å². The van der Waals surface area contributed by atoms with Crippen LogP contribution in [0, 0.1) is 6.92 Å². The molecule has 0 bridgehead atoms. The fourth-order valence-corrected chi connectivity index (χ4v) is 5.90. The van der Waals surface area contributed by atoms with Crippen LogP contribution in [0.15, 0.2) is 82.7 Å². The van der Waals surface area contributed by atoms with Crippen molar-refractivity contribution in [3.8, 4) is 5.75 Å². The zero-order chi connectivity index (χ0) is 26.1. The normalized spacial score (nSPS) is 16.9. The molecule has 0 saturated carbocycles. The number of nitrogens with zero attached hydrogens (tertiary/aromatic N) is 3. The average molecular weight is 550 g/mol. The summed E-state index contributed by atoms with van der Waals surface area (Å²) in [4.78, 5) is 27.8. The lowest BCUT2D eigenvalue weighted by Gasteiger charge is -2.22. The van der Waals surface area contributed by atoms with Crippen LogP contribution in [0.1, 0.15) is 28.3 Å². The first-order valence-corrected chi connectivity index (χ1v) is 13.4. The fraction of sp³-hybridized carbons (Fsp3) is 0.111. The first-order chi connectivity index (χ1) is 17.8. The second-order valence-electron chi connectivity index (χ2n) is 8.39. The molecule has 1 saturated heterocycles. The predicted molar refractivity (Wildman–Crippen MR) is 145 cm³/mol. The highest BCUT2D eigenvalue weighted by molar-refractivity contribution is 8.00. The van der Waals surface area contributed by atoms with Crippen LogP contribution in [0.5, 0.6) is 5.75 Å². The molecule has 1 aromatic heterocycles. The lowest BCUT2D eigenvalue weighted by Crippen LogP contribution is -2.29. The van der Waals surface area contributed by atoms with E-state index in [2.05, 4.69) is 10.2 Å². The summed E-state index contributed by atoms with van der Waals surface area (Å²) < 4.78 is 0.639. The number of ketones is 1. The number of phenols is 1. The van der Waals surface area contributed by atoms with Crippen molar-refractivity contribution in [2.24, 2.45) is 0 Å². The second-order valence-corrected chi connectivity index (χ2v) is 11.0. The highest BCUT2D eigenvalue weighted by atomic mass is 35.5. The van der Waals surface area contributed by atoms with Gasteiger partial charge in [-0.05, 0) is 54.4 Å². The minimum absolute atomic E-state index is 0.0316. The van der Waals surface area contributed by atoms with Gasteiger partial charge in [0.25, 0.3) is 5.78 Å². The molecule has 2 heterocycles. The van der Waals surface area contributed by atoms with Gasteiger partial charge in [0.2, 0.25) is 5.13 Å². The number of aliphatic hydroxyl groups excluding tert-OH is 1. The molecule has 1 atom stereocenters. The van der Waals surface area contributed by atoms with Crippen molar-refractivity contribution in [1.82, 2.24) is 10.2 Å². The van der Waals surface area contributed by atoms with Crippen LogP contribution in [0.2, 0.25) is 5.02 Å². The van der Waals surface area contributed by atoms with E-state index in [-0.39, 0.29) is 22.2 Å². The maximum Gasteiger partial charge on any atom is 0.301 e. The van der Waals surface area contributed by atoms with Crippen molar-refractivity contribution in [2.45, 2.75) is 23.1 Å². The first-order valence-electron chi connectivity index (χ1n) is 11.2. The van der Waals surface area contributed by atoms with Gasteiger partial charge in [0.05, 0.1) is 11.6 Å². The maximum atomic E-state index is 13.3. The topological polar surface area (TPSA) is 104 Å². The Bertz CT molecular complexity index is 1500. The zero-order valence-electron chi connectivity index (χ0n) is 19.5. The fourth-order valence-electron chi connectivity index (χ4n) is 3.95. The van der Waals surface area contributed by atoms with E-state index < -0.39 is 17.7 Å². The summed E-state index contributed by atoms with van der Waals surface area (Å²) in [6.45, 7) is 2.03. The molecule has 0 spiro atoms. The first kappa shape index (κ1) is 25.0. The summed E-state index contributed by atoms with van der Waals surface area (Å²) in [7, 11) is 0. The Morgan fingerprint density at radius 3 is 2.35 bits per heavy atom. The van der Waals surface area contributed by atoms with Crippen LogP contribution in [0.4, 0.5) is 5.13 Å². The number of halogens is 1. The number of anilines is 1. The van der Waals surface area contributed by atoms with E-state index in [1.807, 2.05) is 31.2 Å². The van der Waals surface area contributed by atoms with Crippen LogP contribution in [-0.2, 0) is 15.3 Å². The number of aliphatic hydroxyl groups is 1. The Balaban J connectivity index is 1.53. The van der Waals surface area contributed by atoms with E-state index in [0.717, 1.165) is 5.56 Å². The monoisotopic (exact) mass is 549 g/mol. The molecule has 1 amide bonds. The number of aromatic nitrogens is 2. The lowest BCUT2D eigenvalue weighted by atomic mass is 9.95. The van der Waals surface area contributed by atoms with Crippen LogP contribution in [0.25, 0.3) is 5.76 Å². The Morgan fingerprint density at radius 1 is 1.00 bits per heavy atom. The summed E-state index contributed by atoms with van der Waals surface area (Å²) >= 11 is 8.65. The number of hydrogen-bond acceptors (Lipinski definition) is 8. The van der Waals surface area contributed by atoms with Gasteiger partial charge in [-0.3, -0.25) is 14.5 Å². The van der Waals surface area contributed by atoms with E-state index in [0.29, 0.717) is 26.2 Å². The molecule has 10 heteroatoms. The number of amides is 1. The SMILES string of the molecule is Cc1ccc(CSc2nnc(N3C(=O)C(=O)/C(=C(\O)c4ccc(Cl)cc4)C3c3ccc(O)cc3)s2)cc1. The standard InChI is InChI=1S/C27H20ClN3O4S2/c1-15-2-4-16(5-3-15)14-36-27-30-29-26(37-27)31-22(17-8-12-20(32)13-9-17)21(24(34)25(31)35)23(33)18-6-10-19(28)11-7-18/h2-13,22,32-33H,14H2,1H3/b23-21-. The number of phenolic OH excluding ortho intramolecular Hbond substituents is 1. The number of hydrogen-bond donors (Lipinski definition) is 2. The number of benzene rings is 3. The van der Waals surface area contributed by atoms with Crippen LogP contribution in [0.3, 0.4) is 0 Å². The molecule has 4 aromatic rings. The summed E-state index contributed by atoms with van der Waals surface area (Å²) in [6.07, 6.45) is 0. The second kappa shape index (κ2) is 10.4. The molecule has 3 aromatic carbocycles. The number of carbonyl (C=O) groups is 2. The molecular weight excluding hydrogens is 530 g/mol. The highest BCUT2D eigenvalue weighted by Crippen LogP contribution is 2.44. The van der Waals surface area contributed by atoms with Gasteiger partial charge in [-0.2, -0.15) is 0 Å². The van der Waals surface area contributed by atoms with Gasteiger partial charge < -0.3 is 10.2 Å². The molecule has 186 valence electrons. The molecule has 0 radical (unpaired) electrons. The molecule has 37 heavy (non-hydrogen) atoms. The Labute approximate surface area is 226 Å². The molecular formula is C27H20ClN3O4S2. The molecule has 7 nitrogen and oxygen atoms in total. The zero-order valence-corrected chi connectivity index (χ0v) is 21.8. The Hall–Kier alpha value is -3.66. The molecule has 2 N–H and O–H groups in total. The maximum absolute atomic E-state index is 13.3. The van der Waals surface area contributed by atoms with Gasteiger partial charge in [0.15, 0.2) is 4.34 Å². The lowest BCUT2D eigenvalue weighted by molar-refractivity contribution is -0.132. The smallest absolute Gasteiger partial charge is 0.301 e. The van der Waals surface area contributed by atoms with Crippen molar-refractivity contribution >= 4 is 57.3 Å². The number of Topliss-reactive ketones (excluding diaryl/α,β-unsaturated/α-hetero) is 1. The highest BCUT2D eigenvalue weighted by Gasteiger charge is 2.48. The largest absolute Gasteiger partial charge is 0.508 e. The number of thioether (sulfide) groups is 1. The van der Waals surface area contributed by atoms with E-state index in [4.69, 9.17) is 11.6 Å². The molecule has 1 unspecified atom stereocenters. The number of aromatic hydroxyl groups is 1.